The summed E-state index contributed by atoms with van der Waals surface area (Å²) < 4.78 is 0.981. The highest BCUT2D eigenvalue weighted by Crippen LogP contribution is 2.33. The lowest BCUT2D eigenvalue weighted by Gasteiger charge is -2.29. The number of anilines is 1. The molecule has 0 aromatic heterocycles. The van der Waals surface area contributed by atoms with Gasteiger partial charge in [-0.1, -0.05) is 12.2 Å². The molecule has 2 N–H and O–H groups in total. The molecule has 0 atom stereocenters. The van der Waals surface area contributed by atoms with Crippen LogP contribution < -0.4 is 10.6 Å². The Bertz CT molecular complexity index is 455. The van der Waals surface area contributed by atoms with Gasteiger partial charge in [0.1, 0.15) is 4.99 Å². The molecule has 2 nitrogen and oxygen atoms in total. The van der Waals surface area contributed by atoms with Crippen LogP contribution in [0, 0.1) is 5.92 Å². The minimum atomic E-state index is 0.437. The van der Waals surface area contributed by atoms with Gasteiger partial charge in [0, 0.05) is 28.3 Å². The standard InChI is InChI=1S/C14H19BrN2S/c1-9(2)17(8-10-3-4-10)11-5-6-12(14(16)18)13(15)7-11/h5-7,9-10H,3-4,8H2,1-2H3,(H2,16,18). The molecule has 18 heavy (non-hydrogen) atoms. The van der Waals surface area contributed by atoms with E-state index in [1.165, 1.54) is 18.5 Å². The summed E-state index contributed by atoms with van der Waals surface area (Å²) in [5, 5.41) is 0. The zero-order valence-corrected chi connectivity index (χ0v) is 13.2. The van der Waals surface area contributed by atoms with E-state index in [2.05, 4.69) is 46.8 Å². The molecular weight excluding hydrogens is 308 g/mol. The summed E-state index contributed by atoms with van der Waals surface area (Å²) in [5.41, 5.74) is 7.83. The van der Waals surface area contributed by atoms with Crippen molar-refractivity contribution >= 4 is 38.8 Å². The van der Waals surface area contributed by atoms with Crippen molar-refractivity contribution in [3.05, 3.63) is 28.2 Å². The quantitative estimate of drug-likeness (QED) is 0.836. The van der Waals surface area contributed by atoms with Gasteiger partial charge >= 0.3 is 0 Å². The van der Waals surface area contributed by atoms with E-state index in [0.717, 1.165) is 22.5 Å². The molecule has 0 amide bonds. The molecule has 0 radical (unpaired) electrons. The first-order valence-corrected chi connectivity index (χ1v) is 7.55. The van der Waals surface area contributed by atoms with Crippen molar-refractivity contribution in [2.45, 2.75) is 32.7 Å². The van der Waals surface area contributed by atoms with Gasteiger partial charge in [-0.25, -0.2) is 0 Å². The van der Waals surface area contributed by atoms with Crippen molar-refractivity contribution in [2.24, 2.45) is 11.7 Å². The van der Waals surface area contributed by atoms with Crippen molar-refractivity contribution in [3.63, 3.8) is 0 Å². The van der Waals surface area contributed by atoms with Crippen LogP contribution in [0.1, 0.15) is 32.3 Å². The lowest BCUT2D eigenvalue weighted by molar-refractivity contribution is 0.644. The van der Waals surface area contributed by atoms with Crippen molar-refractivity contribution < 1.29 is 0 Å². The molecule has 1 aliphatic carbocycles. The fourth-order valence-corrected chi connectivity index (χ4v) is 2.96. The smallest absolute Gasteiger partial charge is 0.105 e. The van der Waals surface area contributed by atoms with Gasteiger partial charge in [0.15, 0.2) is 0 Å². The summed E-state index contributed by atoms with van der Waals surface area (Å²) >= 11 is 8.58. The van der Waals surface area contributed by atoms with Crippen LogP contribution in [0.25, 0.3) is 0 Å². The topological polar surface area (TPSA) is 29.3 Å². The van der Waals surface area contributed by atoms with E-state index >= 15 is 0 Å². The van der Waals surface area contributed by atoms with Crippen LogP contribution in [-0.2, 0) is 0 Å². The number of hydrogen-bond donors (Lipinski definition) is 1. The normalized spacial score (nSPS) is 14.9. The van der Waals surface area contributed by atoms with E-state index in [-0.39, 0.29) is 0 Å². The Morgan fingerprint density at radius 3 is 2.61 bits per heavy atom. The van der Waals surface area contributed by atoms with Crippen molar-refractivity contribution in [2.75, 3.05) is 11.4 Å². The number of thiocarbonyl (C=S) groups is 1. The fraction of sp³-hybridized carbons (Fsp3) is 0.500. The first kappa shape index (κ1) is 13.8. The molecule has 2 rings (SSSR count). The SMILES string of the molecule is CC(C)N(CC1CC1)c1ccc(C(N)=S)c(Br)c1. The highest BCUT2D eigenvalue weighted by atomic mass is 79.9. The lowest BCUT2D eigenvalue weighted by Crippen LogP contribution is -2.32. The van der Waals surface area contributed by atoms with E-state index in [1.807, 2.05) is 6.07 Å². The molecular formula is C14H19BrN2S. The van der Waals surface area contributed by atoms with Gasteiger partial charge in [-0.05, 0) is 66.7 Å². The molecule has 1 aromatic rings. The molecule has 0 saturated heterocycles. The average Bonchev–Trinajstić information content (AvgIpc) is 3.08. The first-order chi connectivity index (χ1) is 8.49. The highest BCUT2D eigenvalue weighted by Gasteiger charge is 2.25. The third-order valence-electron chi connectivity index (χ3n) is 3.32. The fourth-order valence-electron chi connectivity index (χ4n) is 2.08. The first-order valence-electron chi connectivity index (χ1n) is 6.35. The van der Waals surface area contributed by atoms with Crippen LogP contribution in [0.15, 0.2) is 22.7 Å². The predicted molar refractivity (Wildman–Crippen MR) is 85.2 cm³/mol. The average molecular weight is 327 g/mol. The second-order valence-electron chi connectivity index (χ2n) is 5.22. The second kappa shape index (κ2) is 5.57. The zero-order chi connectivity index (χ0) is 13.3. The monoisotopic (exact) mass is 326 g/mol. The molecule has 0 bridgehead atoms. The maximum absolute atomic E-state index is 5.68. The zero-order valence-electron chi connectivity index (χ0n) is 10.8. The minimum absolute atomic E-state index is 0.437. The summed E-state index contributed by atoms with van der Waals surface area (Å²) in [5.74, 6) is 0.876. The molecule has 0 spiro atoms. The van der Waals surface area contributed by atoms with Gasteiger partial charge in [-0.2, -0.15) is 0 Å². The van der Waals surface area contributed by atoms with Crippen LogP contribution in [-0.4, -0.2) is 17.6 Å². The predicted octanol–water partition coefficient (Wildman–Crippen LogP) is 3.71. The highest BCUT2D eigenvalue weighted by molar-refractivity contribution is 9.10. The Hall–Kier alpha value is -0.610. The van der Waals surface area contributed by atoms with Crippen molar-refractivity contribution in [1.29, 1.82) is 0 Å². The van der Waals surface area contributed by atoms with Gasteiger partial charge in [0.25, 0.3) is 0 Å². The van der Waals surface area contributed by atoms with Gasteiger partial charge in [-0.15, -0.1) is 0 Å². The summed E-state index contributed by atoms with van der Waals surface area (Å²) in [4.78, 5) is 2.89. The Kier molecular flexibility index (Phi) is 4.28. The molecule has 1 fully saturated rings. The number of hydrogen-bond acceptors (Lipinski definition) is 2. The molecule has 0 aliphatic heterocycles. The number of rotatable bonds is 5. The maximum Gasteiger partial charge on any atom is 0.105 e. The molecule has 1 aromatic carbocycles. The van der Waals surface area contributed by atoms with Crippen LogP contribution in [0.2, 0.25) is 0 Å². The largest absolute Gasteiger partial charge is 0.389 e. The Balaban J connectivity index is 2.24. The van der Waals surface area contributed by atoms with Crippen molar-refractivity contribution in [1.82, 2.24) is 0 Å². The second-order valence-corrected chi connectivity index (χ2v) is 6.51. The molecule has 4 heteroatoms. The lowest BCUT2D eigenvalue weighted by atomic mass is 10.1. The third kappa shape index (κ3) is 3.23. The van der Waals surface area contributed by atoms with E-state index in [4.69, 9.17) is 18.0 Å². The summed E-state index contributed by atoms with van der Waals surface area (Å²) in [6, 6.07) is 6.75. The number of benzene rings is 1. The van der Waals surface area contributed by atoms with Gasteiger partial charge in [-0.3, -0.25) is 0 Å². The van der Waals surface area contributed by atoms with E-state index in [1.54, 1.807) is 0 Å². The van der Waals surface area contributed by atoms with E-state index < -0.39 is 0 Å². The maximum atomic E-state index is 5.68. The van der Waals surface area contributed by atoms with E-state index in [9.17, 15) is 0 Å². The number of halogens is 1. The molecule has 1 saturated carbocycles. The third-order valence-corrected chi connectivity index (χ3v) is 4.20. The van der Waals surface area contributed by atoms with Crippen LogP contribution in [0.5, 0.6) is 0 Å². The van der Waals surface area contributed by atoms with Crippen LogP contribution in [0.4, 0.5) is 5.69 Å². The Labute approximate surface area is 123 Å². The molecule has 98 valence electrons. The number of nitrogens with two attached hydrogens (primary N) is 1. The Morgan fingerprint density at radius 1 is 1.50 bits per heavy atom. The summed E-state index contributed by atoms with van der Waals surface area (Å²) in [7, 11) is 0. The molecule has 0 unspecified atom stereocenters. The summed E-state index contributed by atoms with van der Waals surface area (Å²) in [6.45, 7) is 5.62. The Morgan fingerprint density at radius 2 is 2.17 bits per heavy atom. The van der Waals surface area contributed by atoms with Gasteiger partial charge < -0.3 is 10.6 Å². The van der Waals surface area contributed by atoms with Crippen molar-refractivity contribution in [3.8, 4) is 0 Å². The van der Waals surface area contributed by atoms with Gasteiger partial charge in [0.05, 0.1) is 0 Å². The van der Waals surface area contributed by atoms with E-state index in [0.29, 0.717) is 11.0 Å². The molecule has 0 heterocycles. The summed E-state index contributed by atoms with van der Waals surface area (Å²) in [6.07, 6.45) is 2.74. The number of nitrogens with zero attached hydrogens (tertiary/aromatic N) is 1. The van der Waals surface area contributed by atoms with Gasteiger partial charge in [0.2, 0.25) is 0 Å². The van der Waals surface area contributed by atoms with Crippen LogP contribution >= 0.6 is 28.1 Å². The van der Waals surface area contributed by atoms with Crippen LogP contribution in [0.3, 0.4) is 0 Å². The minimum Gasteiger partial charge on any atom is -0.389 e. The molecule has 1 aliphatic rings.